The number of hydrogen-bond acceptors (Lipinski definition) is 3. The molecule has 2 N–H and O–H groups in total. The van der Waals surface area contributed by atoms with Gasteiger partial charge < -0.3 is 10.5 Å². The van der Waals surface area contributed by atoms with Crippen LogP contribution in [-0.2, 0) is 9.59 Å². The molecule has 0 amide bonds. The van der Waals surface area contributed by atoms with Gasteiger partial charge in [-0.2, -0.15) is 0 Å². The number of ketones is 1. The van der Waals surface area contributed by atoms with E-state index in [4.69, 9.17) is 10.5 Å². The van der Waals surface area contributed by atoms with Crippen LogP contribution in [0.3, 0.4) is 0 Å². The lowest BCUT2D eigenvalue weighted by Crippen LogP contribution is -2.27. The van der Waals surface area contributed by atoms with Crippen molar-refractivity contribution in [1.82, 2.24) is 0 Å². The summed E-state index contributed by atoms with van der Waals surface area (Å²) in [5.74, 6) is -3.00. The Balaban J connectivity index is 4.43. The standard InChI is InChI=1S/C6H9NO3/c1-3(7)5(4(2)8)6(9)10/h5,7H,1-2H3,(H,9,10). The zero-order valence-electron chi connectivity index (χ0n) is 5.84. The van der Waals surface area contributed by atoms with Gasteiger partial charge in [-0.3, -0.25) is 9.59 Å². The van der Waals surface area contributed by atoms with Gasteiger partial charge in [-0.25, -0.2) is 0 Å². The first-order chi connectivity index (χ1) is 4.46. The maximum Gasteiger partial charge on any atom is 0.319 e. The Morgan fingerprint density at radius 3 is 1.80 bits per heavy atom. The molecule has 0 fully saturated rings. The van der Waals surface area contributed by atoms with Crippen LogP contribution in [0.2, 0.25) is 0 Å². The van der Waals surface area contributed by atoms with Crippen molar-refractivity contribution in [3.8, 4) is 0 Å². The van der Waals surface area contributed by atoms with Gasteiger partial charge in [0.15, 0.2) is 5.92 Å². The van der Waals surface area contributed by atoms with Crippen LogP contribution in [0.1, 0.15) is 13.8 Å². The molecule has 0 aromatic rings. The summed E-state index contributed by atoms with van der Waals surface area (Å²) in [5, 5.41) is 15.3. The molecule has 0 rings (SSSR count). The SMILES string of the molecule is CC(=N)C(C(C)=O)C(=O)O. The second-order valence-corrected chi connectivity index (χ2v) is 2.06. The van der Waals surface area contributed by atoms with E-state index < -0.39 is 17.7 Å². The fourth-order valence-corrected chi connectivity index (χ4v) is 0.664. The number of carboxylic acid groups (broad SMARTS) is 1. The van der Waals surface area contributed by atoms with Crippen molar-refractivity contribution in [3.63, 3.8) is 0 Å². The summed E-state index contributed by atoms with van der Waals surface area (Å²) >= 11 is 0. The molecular formula is C6H9NO3. The highest BCUT2D eigenvalue weighted by molar-refractivity contribution is 6.16. The number of rotatable bonds is 3. The van der Waals surface area contributed by atoms with Gasteiger partial charge in [0, 0.05) is 5.71 Å². The third-order valence-electron chi connectivity index (χ3n) is 1.09. The van der Waals surface area contributed by atoms with Crippen molar-refractivity contribution >= 4 is 17.5 Å². The van der Waals surface area contributed by atoms with Crippen molar-refractivity contribution in [3.05, 3.63) is 0 Å². The van der Waals surface area contributed by atoms with E-state index in [1.165, 1.54) is 6.92 Å². The van der Waals surface area contributed by atoms with E-state index in [1.54, 1.807) is 0 Å². The molecule has 0 aliphatic rings. The zero-order chi connectivity index (χ0) is 8.31. The van der Waals surface area contributed by atoms with Crippen molar-refractivity contribution in [1.29, 1.82) is 5.41 Å². The molecule has 0 aliphatic heterocycles. The first kappa shape index (κ1) is 8.81. The topological polar surface area (TPSA) is 78.2 Å². The maximum absolute atomic E-state index is 10.5. The average Bonchev–Trinajstić information content (AvgIpc) is 1.59. The Kier molecular flexibility index (Phi) is 2.73. The molecule has 4 nitrogen and oxygen atoms in total. The summed E-state index contributed by atoms with van der Waals surface area (Å²) in [6, 6.07) is 0. The smallest absolute Gasteiger partial charge is 0.319 e. The van der Waals surface area contributed by atoms with E-state index >= 15 is 0 Å². The van der Waals surface area contributed by atoms with Crippen LogP contribution < -0.4 is 0 Å². The van der Waals surface area contributed by atoms with Gasteiger partial charge >= 0.3 is 5.97 Å². The van der Waals surface area contributed by atoms with Crippen LogP contribution in [0.5, 0.6) is 0 Å². The molecule has 56 valence electrons. The van der Waals surface area contributed by atoms with Crippen molar-refractivity contribution in [2.75, 3.05) is 0 Å². The first-order valence-corrected chi connectivity index (χ1v) is 2.75. The van der Waals surface area contributed by atoms with Gasteiger partial charge in [-0.1, -0.05) is 0 Å². The summed E-state index contributed by atoms with van der Waals surface area (Å²) < 4.78 is 0. The Labute approximate surface area is 58.4 Å². The second-order valence-electron chi connectivity index (χ2n) is 2.06. The minimum absolute atomic E-state index is 0.125. The average molecular weight is 143 g/mol. The van der Waals surface area contributed by atoms with Gasteiger partial charge in [0.1, 0.15) is 5.78 Å². The van der Waals surface area contributed by atoms with E-state index in [-0.39, 0.29) is 5.71 Å². The van der Waals surface area contributed by atoms with E-state index in [0.717, 1.165) is 6.92 Å². The molecule has 0 bridgehead atoms. The Bertz CT molecular complexity index is 152. The summed E-state index contributed by atoms with van der Waals surface area (Å²) in [4.78, 5) is 20.7. The predicted molar refractivity (Wildman–Crippen MR) is 35.2 cm³/mol. The molecule has 1 atom stereocenters. The van der Waals surface area contributed by atoms with E-state index in [9.17, 15) is 9.59 Å². The van der Waals surface area contributed by atoms with E-state index in [1.807, 2.05) is 0 Å². The van der Waals surface area contributed by atoms with Crippen LogP contribution in [0.4, 0.5) is 0 Å². The lowest BCUT2D eigenvalue weighted by molar-refractivity contribution is -0.142. The largest absolute Gasteiger partial charge is 0.480 e. The summed E-state index contributed by atoms with van der Waals surface area (Å²) in [6.45, 7) is 2.47. The molecular weight excluding hydrogens is 134 g/mol. The highest BCUT2D eigenvalue weighted by atomic mass is 16.4. The minimum Gasteiger partial charge on any atom is -0.480 e. The number of carboxylic acids is 1. The van der Waals surface area contributed by atoms with Gasteiger partial charge in [0.05, 0.1) is 0 Å². The van der Waals surface area contributed by atoms with Crippen LogP contribution in [0, 0.1) is 11.3 Å². The second kappa shape index (κ2) is 3.10. The van der Waals surface area contributed by atoms with Crippen molar-refractivity contribution in [2.24, 2.45) is 5.92 Å². The highest BCUT2D eigenvalue weighted by Gasteiger charge is 2.24. The molecule has 0 saturated heterocycles. The van der Waals surface area contributed by atoms with Crippen LogP contribution in [-0.4, -0.2) is 22.6 Å². The monoisotopic (exact) mass is 143 g/mol. The quantitative estimate of drug-likeness (QED) is 0.441. The van der Waals surface area contributed by atoms with Crippen molar-refractivity contribution < 1.29 is 14.7 Å². The molecule has 0 saturated carbocycles. The Morgan fingerprint density at radius 1 is 1.40 bits per heavy atom. The zero-order valence-corrected chi connectivity index (χ0v) is 5.84. The molecule has 0 radical (unpaired) electrons. The van der Waals surface area contributed by atoms with Crippen LogP contribution >= 0.6 is 0 Å². The van der Waals surface area contributed by atoms with Crippen molar-refractivity contribution in [2.45, 2.75) is 13.8 Å². The molecule has 0 aromatic heterocycles. The molecule has 0 aromatic carbocycles. The third kappa shape index (κ3) is 1.97. The van der Waals surface area contributed by atoms with Crippen LogP contribution in [0.25, 0.3) is 0 Å². The number of Topliss-reactive ketones (excluding diaryl/α,β-unsaturated/α-hetero) is 1. The molecule has 4 heteroatoms. The maximum atomic E-state index is 10.5. The van der Waals surface area contributed by atoms with Gasteiger partial charge in [0.25, 0.3) is 0 Å². The summed E-state index contributed by atoms with van der Waals surface area (Å²) in [7, 11) is 0. The van der Waals surface area contributed by atoms with Gasteiger partial charge in [-0.05, 0) is 13.8 Å². The minimum atomic E-state index is -1.25. The van der Waals surface area contributed by atoms with Gasteiger partial charge in [0.2, 0.25) is 0 Å². The third-order valence-corrected chi connectivity index (χ3v) is 1.09. The number of hydrogen-bond donors (Lipinski definition) is 2. The van der Waals surface area contributed by atoms with Crippen LogP contribution in [0.15, 0.2) is 0 Å². The molecule has 0 heterocycles. The molecule has 10 heavy (non-hydrogen) atoms. The predicted octanol–water partition coefficient (Wildman–Crippen LogP) is 0.316. The molecule has 0 spiro atoms. The number of aliphatic carboxylic acids is 1. The fourth-order valence-electron chi connectivity index (χ4n) is 0.664. The number of nitrogens with one attached hydrogen (secondary N) is 1. The number of carbonyl (C=O) groups is 2. The van der Waals surface area contributed by atoms with Gasteiger partial charge in [-0.15, -0.1) is 0 Å². The fraction of sp³-hybridized carbons (Fsp3) is 0.500. The Morgan fingerprint density at radius 2 is 1.80 bits per heavy atom. The number of carbonyl (C=O) groups excluding carboxylic acids is 1. The lowest BCUT2D eigenvalue weighted by Gasteiger charge is -2.04. The molecule has 0 aliphatic carbocycles. The Hall–Kier alpha value is -1.19. The van der Waals surface area contributed by atoms with E-state index in [2.05, 4.69) is 0 Å². The first-order valence-electron chi connectivity index (χ1n) is 2.75. The summed E-state index contributed by atoms with van der Waals surface area (Å²) in [5.41, 5.74) is -0.125. The molecule has 1 unspecified atom stereocenters. The lowest BCUT2D eigenvalue weighted by atomic mass is 10.0. The van der Waals surface area contributed by atoms with E-state index in [0.29, 0.717) is 0 Å². The highest BCUT2D eigenvalue weighted by Crippen LogP contribution is 1.99. The summed E-state index contributed by atoms with van der Waals surface area (Å²) in [6.07, 6.45) is 0. The normalized spacial score (nSPS) is 12.2.